The van der Waals surface area contributed by atoms with Gasteiger partial charge in [0, 0.05) is 10.4 Å². The zero-order valence-electron chi connectivity index (χ0n) is 18.8. The van der Waals surface area contributed by atoms with Gasteiger partial charge in [0.2, 0.25) is 21.6 Å². The molecule has 1 aliphatic carbocycles. The number of hydrogen-bond acceptors (Lipinski definition) is 10. The number of benzene rings is 1. The van der Waals surface area contributed by atoms with Crippen LogP contribution in [0.2, 0.25) is 0 Å². The molecule has 0 saturated heterocycles. The molecule has 0 radical (unpaired) electrons. The number of esters is 1. The van der Waals surface area contributed by atoms with Crippen LogP contribution in [0.3, 0.4) is 0 Å². The molecule has 34 heavy (non-hydrogen) atoms. The summed E-state index contributed by atoms with van der Waals surface area (Å²) in [6, 6.07) is 6.69. The summed E-state index contributed by atoms with van der Waals surface area (Å²) >= 11 is 1.27. The number of anilines is 1. The Morgan fingerprint density at radius 2 is 2.06 bits per heavy atom. The molecule has 2 heterocycles. The van der Waals surface area contributed by atoms with Gasteiger partial charge < -0.3 is 19.2 Å². The lowest BCUT2D eigenvalue weighted by atomic mass is 9.88. The molecule has 2 aromatic heterocycles. The second-order valence-electron chi connectivity index (χ2n) is 7.96. The fourth-order valence-corrected chi connectivity index (χ4v) is 6.09. The predicted molar refractivity (Wildman–Crippen MR) is 124 cm³/mol. The fourth-order valence-electron chi connectivity index (χ4n) is 3.76. The minimum Gasteiger partial charge on any atom is -0.497 e. The third-order valence-corrected chi connectivity index (χ3v) is 7.97. The summed E-state index contributed by atoms with van der Waals surface area (Å²) in [6.45, 7) is 2.12. The quantitative estimate of drug-likeness (QED) is 0.480. The molecule has 1 aromatic carbocycles. The van der Waals surface area contributed by atoms with Crippen molar-refractivity contribution in [3.63, 3.8) is 0 Å². The normalized spacial score (nSPS) is 15.4. The number of methoxy groups -OCH3 is 2. The smallest absolute Gasteiger partial charge is 0.341 e. The van der Waals surface area contributed by atoms with Crippen LogP contribution in [0.25, 0.3) is 11.5 Å². The van der Waals surface area contributed by atoms with Crippen molar-refractivity contribution >= 4 is 38.1 Å². The first-order valence-electron chi connectivity index (χ1n) is 10.4. The first-order chi connectivity index (χ1) is 16.2. The topological polar surface area (TPSA) is 138 Å². The molecule has 0 spiro atoms. The van der Waals surface area contributed by atoms with Gasteiger partial charge in [-0.15, -0.1) is 16.4 Å². The molecule has 1 atom stereocenters. The molecule has 1 amide bonds. The maximum Gasteiger partial charge on any atom is 0.341 e. The van der Waals surface area contributed by atoms with Gasteiger partial charge in [-0.3, -0.25) is 4.79 Å². The lowest BCUT2D eigenvalue weighted by molar-refractivity contribution is -0.113. The molecule has 3 aromatic rings. The molecule has 0 bridgehead atoms. The van der Waals surface area contributed by atoms with E-state index >= 15 is 0 Å². The van der Waals surface area contributed by atoms with Crippen molar-refractivity contribution in [1.82, 2.24) is 10.2 Å². The van der Waals surface area contributed by atoms with Crippen LogP contribution in [0, 0.1) is 5.92 Å². The van der Waals surface area contributed by atoms with Crippen LogP contribution in [0.1, 0.15) is 34.1 Å². The van der Waals surface area contributed by atoms with E-state index in [0.29, 0.717) is 29.2 Å². The van der Waals surface area contributed by atoms with Crippen LogP contribution in [0.4, 0.5) is 5.00 Å². The lowest BCUT2D eigenvalue weighted by Gasteiger charge is -2.18. The average Bonchev–Trinajstić information content (AvgIpc) is 3.43. The monoisotopic (exact) mass is 505 g/mol. The molecule has 1 N–H and O–H groups in total. The second kappa shape index (κ2) is 9.55. The fraction of sp³-hybridized carbons (Fsp3) is 0.364. The molecule has 0 fully saturated rings. The Kier molecular flexibility index (Phi) is 6.71. The van der Waals surface area contributed by atoms with E-state index in [1.54, 1.807) is 24.3 Å². The van der Waals surface area contributed by atoms with Gasteiger partial charge in [0.25, 0.3) is 0 Å². The summed E-state index contributed by atoms with van der Waals surface area (Å²) < 4.78 is 40.8. The van der Waals surface area contributed by atoms with Crippen LogP contribution in [0.15, 0.2) is 33.9 Å². The number of hydrogen-bond donors (Lipinski definition) is 1. The van der Waals surface area contributed by atoms with Crippen LogP contribution in [-0.2, 0) is 32.2 Å². The Hall–Kier alpha value is -3.25. The lowest BCUT2D eigenvalue weighted by Crippen LogP contribution is -2.24. The second-order valence-corrected chi connectivity index (χ2v) is 10.9. The van der Waals surface area contributed by atoms with Crippen molar-refractivity contribution in [3.8, 4) is 17.2 Å². The van der Waals surface area contributed by atoms with Crippen molar-refractivity contribution in [2.24, 2.45) is 5.92 Å². The summed E-state index contributed by atoms with van der Waals surface area (Å²) in [7, 11) is -1.46. The molecular weight excluding hydrogens is 482 g/mol. The number of nitrogens with zero attached hydrogens (tertiary/aromatic N) is 2. The van der Waals surface area contributed by atoms with Gasteiger partial charge in [0.15, 0.2) is 0 Å². The van der Waals surface area contributed by atoms with E-state index in [2.05, 4.69) is 22.4 Å². The van der Waals surface area contributed by atoms with Gasteiger partial charge in [0.05, 0.1) is 19.8 Å². The van der Waals surface area contributed by atoms with E-state index in [1.807, 2.05) is 0 Å². The number of aromatic nitrogens is 2. The Morgan fingerprint density at radius 3 is 2.79 bits per heavy atom. The SMILES string of the molecule is COC(=O)c1c(NC(=O)CS(=O)(=O)c2nnc(-c3cccc(OC)c3)o2)sc2c1CCC(C)C2. The highest BCUT2D eigenvalue weighted by Gasteiger charge is 2.31. The summed E-state index contributed by atoms with van der Waals surface area (Å²) in [5.74, 6) is -1.34. The highest BCUT2D eigenvalue weighted by Crippen LogP contribution is 2.40. The molecule has 0 aliphatic heterocycles. The van der Waals surface area contributed by atoms with Crippen molar-refractivity contribution in [2.45, 2.75) is 31.4 Å². The van der Waals surface area contributed by atoms with Crippen molar-refractivity contribution in [1.29, 1.82) is 0 Å². The van der Waals surface area contributed by atoms with Crippen LogP contribution >= 0.6 is 11.3 Å². The molecule has 180 valence electrons. The predicted octanol–water partition coefficient (Wildman–Crippen LogP) is 3.13. The van der Waals surface area contributed by atoms with Crippen LogP contribution in [-0.4, -0.2) is 50.5 Å². The van der Waals surface area contributed by atoms with Crippen molar-refractivity contribution < 1.29 is 31.9 Å². The standard InChI is InChI=1S/C22H23N3O7S2/c1-12-7-8-15-16(9-12)33-20(18(15)21(27)31-3)23-17(26)11-34(28,29)22-25-24-19(32-22)13-5-4-6-14(10-13)30-2/h4-6,10,12H,7-9,11H2,1-3H3,(H,23,26). The number of amides is 1. The number of rotatable bonds is 7. The van der Waals surface area contributed by atoms with E-state index in [0.717, 1.165) is 23.3 Å². The van der Waals surface area contributed by atoms with Crippen molar-refractivity contribution in [3.05, 3.63) is 40.3 Å². The number of carbonyl (C=O) groups excluding carboxylic acids is 2. The van der Waals surface area contributed by atoms with E-state index in [1.165, 1.54) is 25.6 Å². The Balaban J connectivity index is 1.53. The summed E-state index contributed by atoms with van der Waals surface area (Å²) in [4.78, 5) is 26.1. The third-order valence-electron chi connectivity index (χ3n) is 5.46. The molecule has 12 heteroatoms. The zero-order chi connectivity index (χ0) is 24.5. The van der Waals surface area contributed by atoms with Gasteiger partial charge in [-0.1, -0.05) is 18.1 Å². The van der Waals surface area contributed by atoms with Crippen LogP contribution < -0.4 is 10.1 Å². The Morgan fingerprint density at radius 1 is 1.26 bits per heavy atom. The van der Waals surface area contributed by atoms with Gasteiger partial charge >= 0.3 is 11.2 Å². The summed E-state index contributed by atoms with van der Waals surface area (Å²) in [5.41, 5.74) is 1.62. The zero-order valence-corrected chi connectivity index (χ0v) is 20.4. The van der Waals surface area contributed by atoms with E-state index in [-0.39, 0.29) is 10.9 Å². The highest BCUT2D eigenvalue weighted by atomic mass is 32.2. The number of nitrogens with one attached hydrogen (secondary N) is 1. The van der Waals surface area contributed by atoms with Crippen molar-refractivity contribution in [2.75, 3.05) is 25.3 Å². The van der Waals surface area contributed by atoms with Crippen LogP contribution in [0.5, 0.6) is 5.75 Å². The Labute approximate surface area is 200 Å². The number of fused-ring (bicyclic) bond motifs is 1. The molecule has 10 nitrogen and oxygen atoms in total. The van der Waals surface area contributed by atoms with Gasteiger partial charge in [-0.05, 0) is 48.9 Å². The largest absolute Gasteiger partial charge is 0.497 e. The average molecular weight is 506 g/mol. The maximum absolute atomic E-state index is 12.7. The molecule has 4 rings (SSSR count). The maximum atomic E-state index is 12.7. The number of sulfone groups is 1. The molecule has 0 saturated carbocycles. The Bertz CT molecular complexity index is 1340. The molecule has 1 unspecified atom stereocenters. The minimum absolute atomic E-state index is 0.0223. The highest BCUT2D eigenvalue weighted by molar-refractivity contribution is 7.91. The van der Waals surface area contributed by atoms with Gasteiger partial charge in [-0.25, -0.2) is 13.2 Å². The molecular formula is C22H23N3O7S2. The van der Waals surface area contributed by atoms with Gasteiger partial charge in [-0.2, -0.15) is 0 Å². The van der Waals surface area contributed by atoms with E-state index in [4.69, 9.17) is 13.9 Å². The first-order valence-corrected chi connectivity index (χ1v) is 12.9. The minimum atomic E-state index is -4.23. The van der Waals surface area contributed by atoms with Gasteiger partial charge in [0.1, 0.15) is 16.5 Å². The number of ether oxygens (including phenoxy) is 2. The number of carbonyl (C=O) groups is 2. The summed E-state index contributed by atoms with van der Waals surface area (Å²) in [5, 5.41) is 9.56. The van der Waals surface area contributed by atoms with E-state index in [9.17, 15) is 18.0 Å². The number of thiophene rings is 1. The summed E-state index contributed by atoms with van der Waals surface area (Å²) in [6.07, 6.45) is 2.40. The first kappa shape index (κ1) is 23.9. The third kappa shape index (κ3) is 4.82. The van der Waals surface area contributed by atoms with E-state index < -0.39 is 32.7 Å². The molecule has 1 aliphatic rings.